The molecule has 4 rings (SSSR count). The lowest BCUT2D eigenvalue weighted by molar-refractivity contribution is -0.113. The molecule has 8 heteroatoms. The van der Waals surface area contributed by atoms with E-state index >= 15 is 0 Å². The minimum Gasteiger partial charge on any atom is -0.325 e. The molecule has 7 nitrogen and oxygen atoms in total. The highest BCUT2D eigenvalue weighted by Gasteiger charge is 2.15. The first-order valence-corrected chi connectivity index (χ1v) is 10.1. The van der Waals surface area contributed by atoms with Gasteiger partial charge in [0, 0.05) is 5.69 Å². The number of hydrogen-bond donors (Lipinski definition) is 1. The zero-order valence-electron chi connectivity index (χ0n) is 16.4. The molecule has 2 aromatic carbocycles. The van der Waals surface area contributed by atoms with Crippen molar-refractivity contribution in [3.63, 3.8) is 0 Å². The predicted molar refractivity (Wildman–Crippen MR) is 114 cm³/mol. The third-order valence-electron chi connectivity index (χ3n) is 4.48. The molecule has 0 bridgehead atoms. The summed E-state index contributed by atoms with van der Waals surface area (Å²) in [4.78, 5) is 21.0. The van der Waals surface area contributed by atoms with Gasteiger partial charge in [-0.15, -0.1) is 5.10 Å². The molecule has 0 spiro atoms. The first-order valence-electron chi connectivity index (χ1n) is 9.14. The van der Waals surface area contributed by atoms with Gasteiger partial charge in [0.25, 0.3) is 0 Å². The highest BCUT2D eigenvalue weighted by molar-refractivity contribution is 8.00. The van der Waals surface area contributed by atoms with E-state index in [-0.39, 0.29) is 11.7 Å². The van der Waals surface area contributed by atoms with Gasteiger partial charge in [-0.05, 0) is 44.5 Å². The maximum Gasteiger partial charge on any atom is 0.234 e. The van der Waals surface area contributed by atoms with Crippen LogP contribution in [0.2, 0.25) is 0 Å². The second kappa shape index (κ2) is 8.00. The van der Waals surface area contributed by atoms with Gasteiger partial charge in [0.2, 0.25) is 5.91 Å². The number of fused-ring (bicyclic) bond motifs is 1. The van der Waals surface area contributed by atoms with Crippen LogP contribution in [-0.4, -0.2) is 36.6 Å². The number of thioether (sulfide) groups is 1. The fourth-order valence-corrected chi connectivity index (χ4v) is 3.70. The number of rotatable bonds is 5. The van der Waals surface area contributed by atoms with Gasteiger partial charge in [0.1, 0.15) is 11.4 Å². The first-order chi connectivity index (χ1) is 14.0. The number of nitrogens with one attached hydrogen (secondary N) is 1. The summed E-state index contributed by atoms with van der Waals surface area (Å²) < 4.78 is 1.68. The zero-order valence-corrected chi connectivity index (χ0v) is 17.2. The van der Waals surface area contributed by atoms with E-state index in [1.54, 1.807) is 4.68 Å². The van der Waals surface area contributed by atoms with Crippen LogP contribution < -0.4 is 5.32 Å². The molecule has 2 aromatic heterocycles. The number of carbonyl (C=O) groups excluding carboxylic acids is 1. The van der Waals surface area contributed by atoms with E-state index < -0.39 is 0 Å². The quantitative estimate of drug-likeness (QED) is 0.401. The molecular weight excluding hydrogens is 384 g/mol. The zero-order chi connectivity index (χ0) is 20.4. The minimum atomic E-state index is -0.0976. The van der Waals surface area contributed by atoms with Crippen molar-refractivity contribution < 1.29 is 4.79 Å². The average Bonchev–Trinajstić information content (AvgIpc) is 3.14. The van der Waals surface area contributed by atoms with Crippen molar-refractivity contribution in [3.8, 4) is 5.69 Å². The van der Waals surface area contributed by atoms with Gasteiger partial charge in [-0.1, -0.05) is 52.4 Å². The third-order valence-corrected chi connectivity index (χ3v) is 5.46. The van der Waals surface area contributed by atoms with E-state index in [2.05, 4.69) is 25.6 Å². The summed E-state index contributed by atoms with van der Waals surface area (Å²) in [5.74, 6) is 0.122. The van der Waals surface area contributed by atoms with Crippen molar-refractivity contribution in [1.29, 1.82) is 0 Å². The number of anilines is 1. The Morgan fingerprint density at radius 2 is 1.79 bits per heavy atom. The maximum atomic E-state index is 12.4. The molecule has 146 valence electrons. The van der Waals surface area contributed by atoms with Crippen molar-refractivity contribution in [2.75, 3.05) is 11.1 Å². The molecule has 0 aliphatic heterocycles. The summed E-state index contributed by atoms with van der Waals surface area (Å²) >= 11 is 1.32. The Labute approximate surface area is 172 Å². The Kier molecular flexibility index (Phi) is 5.26. The molecular formula is C21H20N6OS. The predicted octanol–water partition coefficient (Wildman–Crippen LogP) is 3.87. The topological polar surface area (TPSA) is 85.6 Å². The molecule has 0 fully saturated rings. The van der Waals surface area contributed by atoms with Gasteiger partial charge in [0.05, 0.1) is 11.4 Å². The number of benzene rings is 2. The van der Waals surface area contributed by atoms with Crippen LogP contribution in [0.25, 0.3) is 16.9 Å². The monoisotopic (exact) mass is 404 g/mol. The largest absolute Gasteiger partial charge is 0.325 e. The standard InChI is InChI=1S/C21H20N6OS/c1-13-4-7-16(8-5-13)27-20-19(25-26-27)21(23-12-22-20)29-11-18(28)24-17-9-6-14(2)10-15(17)3/h4-10,12H,11H2,1-3H3,(H,24,28). The maximum absolute atomic E-state index is 12.4. The number of aromatic nitrogens is 5. The fraction of sp³-hybridized carbons (Fsp3) is 0.190. The molecule has 2 heterocycles. The van der Waals surface area contributed by atoms with Crippen molar-refractivity contribution >= 4 is 34.5 Å². The molecule has 0 saturated carbocycles. The van der Waals surface area contributed by atoms with E-state index in [4.69, 9.17) is 0 Å². The van der Waals surface area contributed by atoms with Crippen LogP contribution >= 0.6 is 11.8 Å². The van der Waals surface area contributed by atoms with Crippen LogP contribution in [-0.2, 0) is 4.79 Å². The number of amides is 1. The highest BCUT2D eigenvalue weighted by atomic mass is 32.2. The fourth-order valence-electron chi connectivity index (χ4n) is 2.97. The van der Waals surface area contributed by atoms with Crippen LogP contribution in [0.15, 0.2) is 53.8 Å². The number of carbonyl (C=O) groups is 1. The number of hydrogen-bond acceptors (Lipinski definition) is 6. The SMILES string of the molecule is Cc1ccc(-n2nnc3c(SCC(=O)Nc4ccc(C)cc4C)ncnc32)cc1. The lowest BCUT2D eigenvalue weighted by Crippen LogP contribution is -2.15. The van der Waals surface area contributed by atoms with Crippen LogP contribution in [0, 0.1) is 20.8 Å². The average molecular weight is 404 g/mol. The minimum absolute atomic E-state index is 0.0976. The van der Waals surface area contributed by atoms with Gasteiger partial charge in [0.15, 0.2) is 11.2 Å². The summed E-state index contributed by atoms with van der Waals surface area (Å²) in [7, 11) is 0. The molecule has 0 aliphatic carbocycles. The van der Waals surface area contributed by atoms with Crippen molar-refractivity contribution in [2.45, 2.75) is 25.8 Å². The van der Waals surface area contributed by atoms with Crippen LogP contribution in [0.1, 0.15) is 16.7 Å². The van der Waals surface area contributed by atoms with Crippen molar-refractivity contribution in [1.82, 2.24) is 25.0 Å². The van der Waals surface area contributed by atoms with Crippen molar-refractivity contribution in [2.24, 2.45) is 0 Å². The van der Waals surface area contributed by atoms with Gasteiger partial charge in [-0.25, -0.2) is 9.97 Å². The Morgan fingerprint density at radius 3 is 2.55 bits per heavy atom. The summed E-state index contributed by atoms with van der Waals surface area (Å²) in [5.41, 5.74) is 6.25. The molecule has 0 unspecified atom stereocenters. The highest BCUT2D eigenvalue weighted by Crippen LogP contribution is 2.24. The van der Waals surface area contributed by atoms with E-state index in [9.17, 15) is 4.79 Å². The molecule has 1 N–H and O–H groups in total. The van der Waals surface area contributed by atoms with Gasteiger partial charge >= 0.3 is 0 Å². The molecule has 0 saturated heterocycles. The smallest absolute Gasteiger partial charge is 0.234 e. The molecule has 0 atom stereocenters. The van der Waals surface area contributed by atoms with Gasteiger partial charge < -0.3 is 5.32 Å². The van der Waals surface area contributed by atoms with Crippen LogP contribution in [0.4, 0.5) is 5.69 Å². The summed E-state index contributed by atoms with van der Waals surface area (Å²) in [6.07, 6.45) is 1.47. The Bertz CT molecular complexity index is 1190. The van der Waals surface area contributed by atoms with Gasteiger partial charge in [-0.2, -0.15) is 4.68 Å². The lowest BCUT2D eigenvalue weighted by atomic mass is 10.1. The molecule has 4 aromatic rings. The Morgan fingerprint density at radius 1 is 1.03 bits per heavy atom. The van der Waals surface area contributed by atoms with E-state index in [0.717, 1.165) is 22.5 Å². The molecule has 0 aliphatic rings. The molecule has 1 amide bonds. The lowest BCUT2D eigenvalue weighted by Gasteiger charge is -2.09. The summed E-state index contributed by atoms with van der Waals surface area (Å²) in [6.45, 7) is 6.04. The normalized spacial score (nSPS) is 11.0. The third kappa shape index (κ3) is 4.12. The summed E-state index contributed by atoms with van der Waals surface area (Å²) in [6, 6.07) is 13.9. The number of nitrogens with zero attached hydrogens (tertiary/aromatic N) is 5. The Balaban J connectivity index is 1.51. The summed E-state index contributed by atoms with van der Waals surface area (Å²) in [5, 5.41) is 12.0. The van der Waals surface area contributed by atoms with Crippen molar-refractivity contribution in [3.05, 3.63) is 65.5 Å². The second-order valence-corrected chi connectivity index (χ2v) is 7.81. The van der Waals surface area contributed by atoms with Gasteiger partial charge in [-0.3, -0.25) is 4.79 Å². The van der Waals surface area contributed by atoms with Crippen LogP contribution in [0.5, 0.6) is 0 Å². The van der Waals surface area contributed by atoms with E-state index in [1.807, 2.05) is 63.2 Å². The van der Waals surface area contributed by atoms with Crippen LogP contribution in [0.3, 0.4) is 0 Å². The molecule has 0 radical (unpaired) electrons. The van der Waals surface area contributed by atoms with E-state index in [0.29, 0.717) is 16.2 Å². The number of aryl methyl sites for hydroxylation is 3. The first kappa shape index (κ1) is 19.1. The Hall–Kier alpha value is -3.26. The molecule has 29 heavy (non-hydrogen) atoms. The second-order valence-electron chi connectivity index (χ2n) is 6.84. The van der Waals surface area contributed by atoms with E-state index in [1.165, 1.54) is 23.7 Å².